The van der Waals surface area contributed by atoms with Gasteiger partial charge in [-0.05, 0) is 37.3 Å². The van der Waals surface area contributed by atoms with Gasteiger partial charge in [0.05, 0.1) is 13.7 Å². The normalized spacial score (nSPS) is 9.95. The van der Waals surface area contributed by atoms with Crippen LogP contribution in [0.2, 0.25) is 0 Å². The van der Waals surface area contributed by atoms with Crippen molar-refractivity contribution >= 4 is 5.78 Å². The number of hydrogen-bond acceptors (Lipinski definition) is 3. The van der Waals surface area contributed by atoms with Crippen LogP contribution in [0.15, 0.2) is 36.5 Å². The molecule has 0 amide bonds. The van der Waals surface area contributed by atoms with Gasteiger partial charge in [0.1, 0.15) is 17.5 Å². The van der Waals surface area contributed by atoms with Crippen molar-refractivity contribution < 1.29 is 9.53 Å². The number of rotatable bonds is 4. The molecule has 0 radical (unpaired) electrons. The van der Waals surface area contributed by atoms with E-state index in [-0.39, 0.29) is 5.78 Å². The molecule has 1 aromatic heterocycles. The summed E-state index contributed by atoms with van der Waals surface area (Å²) in [5.41, 5.74) is 2.10. The largest absolute Gasteiger partial charge is 0.496 e. The highest BCUT2D eigenvalue weighted by molar-refractivity contribution is 5.94. The standard InChI is InChI=1S/C15H14N2O2/c1-11(18)12-5-6-15(19-2)13(8-12)10-17-7-3-4-14(17)9-16/h3-8H,10H2,1-2H3. The Hall–Kier alpha value is -2.54. The zero-order valence-corrected chi connectivity index (χ0v) is 10.9. The van der Waals surface area contributed by atoms with E-state index in [2.05, 4.69) is 6.07 Å². The van der Waals surface area contributed by atoms with Crippen LogP contribution in [-0.2, 0) is 6.54 Å². The van der Waals surface area contributed by atoms with Gasteiger partial charge in [0, 0.05) is 17.3 Å². The maximum atomic E-state index is 11.4. The molecule has 0 spiro atoms. The second-order valence-corrected chi connectivity index (χ2v) is 4.22. The molecule has 0 atom stereocenters. The van der Waals surface area contributed by atoms with Crippen molar-refractivity contribution in [3.05, 3.63) is 53.3 Å². The van der Waals surface area contributed by atoms with Gasteiger partial charge >= 0.3 is 0 Å². The van der Waals surface area contributed by atoms with Crippen LogP contribution in [0.5, 0.6) is 5.75 Å². The minimum atomic E-state index is 0.0110. The molecule has 0 aliphatic carbocycles. The molecule has 0 saturated carbocycles. The van der Waals surface area contributed by atoms with Gasteiger partial charge < -0.3 is 9.30 Å². The number of benzene rings is 1. The molecule has 4 nitrogen and oxygen atoms in total. The topological polar surface area (TPSA) is 55.0 Å². The van der Waals surface area contributed by atoms with Crippen molar-refractivity contribution in [2.45, 2.75) is 13.5 Å². The monoisotopic (exact) mass is 254 g/mol. The molecule has 2 aromatic rings. The summed E-state index contributed by atoms with van der Waals surface area (Å²) in [4.78, 5) is 11.4. The molecular formula is C15H14N2O2. The van der Waals surface area contributed by atoms with Gasteiger partial charge in [0.25, 0.3) is 0 Å². The molecular weight excluding hydrogens is 240 g/mol. The van der Waals surface area contributed by atoms with Gasteiger partial charge in [-0.1, -0.05) is 0 Å². The summed E-state index contributed by atoms with van der Waals surface area (Å²) >= 11 is 0. The zero-order valence-electron chi connectivity index (χ0n) is 10.9. The van der Waals surface area contributed by atoms with E-state index in [9.17, 15) is 4.79 Å². The molecule has 0 saturated heterocycles. The molecule has 0 aliphatic heterocycles. The Labute approximate surface area is 111 Å². The molecule has 4 heteroatoms. The van der Waals surface area contributed by atoms with Crippen LogP contribution in [0, 0.1) is 11.3 Å². The molecule has 19 heavy (non-hydrogen) atoms. The summed E-state index contributed by atoms with van der Waals surface area (Å²) in [7, 11) is 1.59. The fraction of sp³-hybridized carbons (Fsp3) is 0.200. The molecule has 2 rings (SSSR count). The van der Waals surface area contributed by atoms with Crippen LogP contribution in [0.1, 0.15) is 28.5 Å². The number of Topliss-reactive ketones (excluding diaryl/α,β-unsaturated/α-hetero) is 1. The lowest BCUT2D eigenvalue weighted by Gasteiger charge is -2.11. The van der Waals surface area contributed by atoms with Crippen LogP contribution in [0.25, 0.3) is 0 Å². The summed E-state index contributed by atoms with van der Waals surface area (Å²) < 4.78 is 7.12. The van der Waals surface area contributed by atoms with Crippen molar-refractivity contribution in [1.29, 1.82) is 5.26 Å². The molecule has 0 bridgehead atoms. The minimum absolute atomic E-state index is 0.0110. The Morgan fingerprint density at radius 2 is 2.21 bits per heavy atom. The molecule has 1 heterocycles. The Bertz CT molecular complexity index is 650. The van der Waals surface area contributed by atoms with E-state index in [4.69, 9.17) is 10.00 Å². The minimum Gasteiger partial charge on any atom is -0.496 e. The second-order valence-electron chi connectivity index (χ2n) is 4.22. The van der Waals surface area contributed by atoms with E-state index in [1.54, 1.807) is 25.3 Å². The molecule has 0 aliphatic rings. The summed E-state index contributed by atoms with van der Waals surface area (Å²) in [5.74, 6) is 0.722. The number of ketones is 1. The number of carbonyl (C=O) groups excluding carboxylic acids is 1. The van der Waals surface area contributed by atoms with E-state index in [1.165, 1.54) is 6.92 Å². The van der Waals surface area contributed by atoms with E-state index < -0.39 is 0 Å². The summed E-state index contributed by atoms with van der Waals surface area (Å²) in [6.07, 6.45) is 1.83. The van der Waals surface area contributed by atoms with E-state index >= 15 is 0 Å². The Morgan fingerprint density at radius 1 is 1.42 bits per heavy atom. The molecule has 0 fully saturated rings. The predicted molar refractivity (Wildman–Crippen MR) is 71.2 cm³/mol. The summed E-state index contributed by atoms with van der Waals surface area (Å²) in [6, 6.07) is 11.0. The van der Waals surface area contributed by atoms with Gasteiger partial charge in [-0.3, -0.25) is 4.79 Å². The maximum Gasteiger partial charge on any atom is 0.159 e. The zero-order chi connectivity index (χ0) is 13.8. The lowest BCUT2D eigenvalue weighted by Crippen LogP contribution is -2.04. The van der Waals surface area contributed by atoms with E-state index in [0.717, 1.165) is 5.56 Å². The van der Waals surface area contributed by atoms with Crippen molar-refractivity contribution in [2.24, 2.45) is 0 Å². The number of carbonyl (C=O) groups is 1. The highest BCUT2D eigenvalue weighted by atomic mass is 16.5. The molecule has 1 aromatic carbocycles. The highest BCUT2D eigenvalue weighted by Gasteiger charge is 2.09. The third-order valence-corrected chi connectivity index (χ3v) is 2.97. The van der Waals surface area contributed by atoms with Crippen LogP contribution >= 0.6 is 0 Å². The third-order valence-electron chi connectivity index (χ3n) is 2.97. The van der Waals surface area contributed by atoms with Crippen molar-refractivity contribution in [1.82, 2.24) is 4.57 Å². The Morgan fingerprint density at radius 3 is 2.84 bits per heavy atom. The van der Waals surface area contributed by atoms with Gasteiger partial charge in [-0.25, -0.2) is 0 Å². The lowest BCUT2D eigenvalue weighted by atomic mass is 10.1. The molecule has 96 valence electrons. The van der Waals surface area contributed by atoms with Crippen molar-refractivity contribution in [3.63, 3.8) is 0 Å². The van der Waals surface area contributed by atoms with Crippen LogP contribution in [-0.4, -0.2) is 17.5 Å². The SMILES string of the molecule is COc1ccc(C(C)=O)cc1Cn1cccc1C#N. The van der Waals surface area contributed by atoms with Crippen LogP contribution in [0.3, 0.4) is 0 Å². The summed E-state index contributed by atoms with van der Waals surface area (Å²) in [6.45, 7) is 2.03. The highest BCUT2D eigenvalue weighted by Crippen LogP contribution is 2.22. The first-order valence-electron chi connectivity index (χ1n) is 5.89. The van der Waals surface area contributed by atoms with Crippen molar-refractivity contribution in [3.8, 4) is 11.8 Å². The van der Waals surface area contributed by atoms with E-state index in [1.807, 2.05) is 22.9 Å². The molecule has 0 N–H and O–H groups in total. The Balaban J connectivity index is 2.41. The third kappa shape index (κ3) is 2.66. The maximum absolute atomic E-state index is 11.4. The first kappa shape index (κ1) is 12.9. The van der Waals surface area contributed by atoms with Gasteiger partial charge in [-0.15, -0.1) is 0 Å². The van der Waals surface area contributed by atoms with Crippen molar-refractivity contribution in [2.75, 3.05) is 7.11 Å². The first-order chi connectivity index (χ1) is 9.15. The van der Waals surface area contributed by atoms with Gasteiger partial charge in [0.2, 0.25) is 0 Å². The molecule has 0 unspecified atom stereocenters. The average Bonchev–Trinajstić information content (AvgIpc) is 2.85. The van der Waals surface area contributed by atoms with E-state index in [0.29, 0.717) is 23.6 Å². The number of ether oxygens (including phenoxy) is 1. The van der Waals surface area contributed by atoms with Gasteiger partial charge in [0.15, 0.2) is 5.78 Å². The number of nitrogens with zero attached hydrogens (tertiary/aromatic N) is 2. The first-order valence-corrected chi connectivity index (χ1v) is 5.89. The smallest absolute Gasteiger partial charge is 0.159 e. The van der Waals surface area contributed by atoms with Gasteiger partial charge in [-0.2, -0.15) is 5.26 Å². The fourth-order valence-corrected chi connectivity index (χ4v) is 1.96. The average molecular weight is 254 g/mol. The Kier molecular flexibility index (Phi) is 3.67. The fourth-order valence-electron chi connectivity index (χ4n) is 1.96. The second kappa shape index (κ2) is 5.40. The quantitative estimate of drug-likeness (QED) is 0.788. The predicted octanol–water partition coefficient (Wildman–Crippen LogP) is 2.62. The van der Waals surface area contributed by atoms with Crippen LogP contribution in [0.4, 0.5) is 0 Å². The lowest BCUT2D eigenvalue weighted by molar-refractivity contribution is 0.101. The number of aromatic nitrogens is 1. The number of hydrogen-bond donors (Lipinski definition) is 0. The van der Waals surface area contributed by atoms with Crippen LogP contribution < -0.4 is 4.74 Å². The summed E-state index contributed by atoms with van der Waals surface area (Å²) in [5, 5.41) is 9.00. The number of methoxy groups -OCH3 is 1. The number of nitriles is 1.